The first-order valence-electron chi connectivity index (χ1n) is 13.1. The zero-order valence-electron chi connectivity index (χ0n) is 22.1. The minimum absolute atomic E-state index is 0.0807. The smallest absolute Gasteiger partial charge is 0.229 e. The highest BCUT2D eigenvalue weighted by atomic mass is 16.7. The molecule has 0 saturated carbocycles. The molecule has 0 spiro atoms. The number of carbonyl (C=O) groups excluding carboxylic acids is 1. The van der Waals surface area contributed by atoms with Crippen LogP contribution in [0.15, 0.2) is 30.3 Å². The second-order valence-corrected chi connectivity index (χ2v) is 10.4. The monoisotopic (exact) mass is 596 g/mol. The summed E-state index contributed by atoms with van der Waals surface area (Å²) in [4.78, 5) is 12.8. The maximum absolute atomic E-state index is 12.8. The molecule has 3 aliphatic heterocycles. The van der Waals surface area contributed by atoms with E-state index in [-0.39, 0.29) is 29.2 Å². The molecule has 42 heavy (non-hydrogen) atoms. The van der Waals surface area contributed by atoms with E-state index in [2.05, 4.69) is 0 Å². The first kappa shape index (κ1) is 30.2. The Morgan fingerprint density at radius 2 is 1.48 bits per heavy atom. The topological polar surface area (TPSA) is 245 Å². The number of carbonyl (C=O) groups is 1. The van der Waals surface area contributed by atoms with Gasteiger partial charge in [0.1, 0.15) is 71.6 Å². The van der Waals surface area contributed by atoms with E-state index in [1.165, 1.54) is 31.2 Å². The van der Waals surface area contributed by atoms with Gasteiger partial charge < -0.3 is 69.6 Å². The number of fused-ring (bicyclic) bond motifs is 1. The van der Waals surface area contributed by atoms with Crippen LogP contribution in [0, 0.1) is 0 Å². The van der Waals surface area contributed by atoms with E-state index in [1.54, 1.807) is 0 Å². The van der Waals surface area contributed by atoms with Crippen LogP contribution in [0.5, 0.6) is 28.7 Å². The standard InChI is InChI=1S/C27H32O15/c1-9-20(32)22(34)24(36)26(39-9)38-8-18-21(33)23(35)25(37)27(42-18)40-11-5-14(30)19-15(31)7-16(41-17(19)6-11)10-2-3-12(28)13(29)4-10/h2-6,9,16,18,20-30,32-37H,7-8H2,1H3/t9-,16-,18+,20-,21-,22-,23-,24-,25-,26+,27+/m0/s1. The third-order valence-electron chi connectivity index (χ3n) is 7.50. The summed E-state index contributed by atoms with van der Waals surface area (Å²) in [6.45, 7) is 0.949. The predicted octanol–water partition coefficient (Wildman–Crippen LogP) is -1.46. The molecule has 2 fully saturated rings. The highest BCUT2D eigenvalue weighted by Crippen LogP contribution is 2.43. The minimum atomic E-state index is -1.78. The lowest BCUT2D eigenvalue weighted by atomic mass is 9.95. The van der Waals surface area contributed by atoms with Crippen LogP contribution in [0.3, 0.4) is 0 Å². The van der Waals surface area contributed by atoms with Crippen LogP contribution in [0.1, 0.15) is 35.4 Å². The summed E-state index contributed by atoms with van der Waals surface area (Å²) in [6.07, 6.45) is -16.1. The van der Waals surface area contributed by atoms with Crippen LogP contribution >= 0.6 is 0 Å². The molecule has 15 nitrogen and oxygen atoms in total. The van der Waals surface area contributed by atoms with Gasteiger partial charge in [-0.1, -0.05) is 6.07 Å². The van der Waals surface area contributed by atoms with Crippen molar-refractivity contribution in [2.75, 3.05) is 6.61 Å². The van der Waals surface area contributed by atoms with E-state index in [4.69, 9.17) is 23.7 Å². The first-order valence-corrected chi connectivity index (χ1v) is 13.1. The van der Waals surface area contributed by atoms with E-state index in [9.17, 15) is 50.8 Å². The number of hydrogen-bond donors (Lipinski definition) is 9. The molecule has 0 unspecified atom stereocenters. The van der Waals surface area contributed by atoms with Crippen molar-refractivity contribution in [3.63, 3.8) is 0 Å². The van der Waals surface area contributed by atoms with Gasteiger partial charge in [-0.2, -0.15) is 0 Å². The van der Waals surface area contributed by atoms with Crippen molar-refractivity contribution < 1.29 is 74.4 Å². The van der Waals surface area contributed by atoms with Gasteiger partial charge in [0.05, 0.1) is 19.1 Å². The number of phenolic OH excluding ortho intramolecular Hbond substituents is 3. The summed E-state index contributed by atoms with van der Waals surface area (Å²) in [5.74, 6) is -1.96. The van der Waals surface area contributed by atoms with E-state index in [0.29, 0.717) is 5.56 Å². The zero-order valence-corrected chi connectivity index (χ0v) is 22.1. The number of rotatable bonds is 6. The number of ketones is 1. The van der Waals surface area contributed by atoms with Gasteiger partial charge >= 0.3 is 0 Å². The van der Waals surface area contributed by atoms with Crippen LogP contribution < -0.4 is 9.47 Å². The number of hydrogen-bond acceptors (Lipinski definition) is 15. The molecule has 2 aromatic carbocycles. The van der Waals surface area contributed by atoms with Crippen molar-refractivity contribution >= 4 is 5.78 Å². The molecule has 15 heteroatoms. The SMILES string of the molecule is C[C@@H]1O[C@@H](OC[C@H]2O[C@@H](Oc3cc(O)c4c(c3)O[C@H](c3ccc(O)c(O)c3)CC4=O)[C@@H](O)[C@@H](O)[C@H]2O)[C@@H](O)[C@@H](O)[C@H]1O. The van der Waals surface area contributed by atoms with Crippen LogP contribution in [0.2, 0.25) is 0 Å². The van der Waals surface area contributed by atoms with E-state index < -0.39 is 91.4 Å². The Bertz CT molecular complexity index is 1300. The molecule has 0 aliphatic carbocycles. The average molecular weight is 597 g/mol. The van der Waals surface area contributed by atoms with Gasteiger partial charge in [0.15, 0.2) is 23.6 Å². The summed E-state index contributed by atoms with van der Waals surface area (Å²) in [7, 11) is 0. The Morgan fingerprint density at radius 3 is 2.19 bits per heavy atom. The van der Waals surface area contributed by atoms with E-state index >= 15 is 0 Å². The Morgan fingerprint density at radius 1 is 0.786 bits per heavy atom. The summed E-state index contributed by atoms with van der Waals surface area (Å²) in [5.41, 5.74) is 0.255. The van der Waals surface area contributed by atoms with Crippen molar-refractivity contribution in [1.82, 2.24) is 0 Å². The van der Waals surface area contributed by atoms with Gasteiger partial charge in [0, 0.05) is 12.1 Å². The lowest BCUT2D eigenvalue weighted by Gasteiger charge is -2.42. The highest BCUT2D eigenvalue weighted by molar-refractivity contribution is 6.02. The molecule has 0 aromatic heterocycles. The zero-order chi connectivity index (χ0) is 30.5. The average Bonchev–Trinajstić information content (AvgIpc) is 2.95. The summed E-state index contributed by atoms with van der Waals surface area (Å²) in [5, 5.41) is 91.3. The fraction of sp³-hybridized carbons (Fsp3) is 0.519. The van der Waals surface area contributed by atoms with Crippen LogP contribution in [-0.4, -0.2) is 120 Å². The lowest BCUT2D eigenvalue weighted by molar-refractivity contribution is -0.318. The largest absolute Gasteiger partial charge is 0.507 e. The number of aliphatic hydroxyl groups is 6. The van der Waals surface area contributed by atoms with Crippen LogP contribution in [-0.2, 0) is 14.2 Å². The molecule has 9 N–H and O–H groups in total. The molecule has 2 aromatic rings. The Labute approximate surface area is 238 Å². The molecular formula is C27H32O15. The second-order valence-electron chi connectivity index (χ2n) is 10.4. The summed E-state index contributed by atoms with van der Waals surface area (Å²) in [6, 6.07) is 6.26. The predicted molar refractivity (Wildman–Crippen MR) is 136 cm³/mol. The number of Topliss-reactive ketones (excluding diaryl/α,β-unsaturated/α-hetero) is 1. The van der Waals surface area contributed by atoms with Gasteiger partial charge in [-0.25, -0.2) is 0 Å². The molecule has 11 atom stereocenters. The summed E-state index contributed by atoms with van der Waals surface area (Å²) < 4.78 is 27.9. The number of aliphatic hydroxyl groups excluding tert-OH is 6. The molecule has 3 aliphatic rings. The third-order valence-corrected chi connectivity index (χ3v) is 7.50. The van der Waals surface area contributed by atoms with Gasteiger partial charge in [0.25, 0.3) is 0 Å². The Kier molecular flexibility index (Phi) is 8.48. The first-order chi connectivity index (χ1) is 19.8. The van der Waals surface area contributed by atoms with Gasteiger partial charge in [0.2, 0.25) is 6.29 Å². The van der Waals surface area contributed by atoms with E-state index in [0.717, 1.165) is 6.07 Å². The minimum Gasteiger partial charge on any atom is -0.507 e. The normalized spacial score (nSPS) is 36.6. The number of aromatic hydroxyl groups is 3. The molecule has 0 radical (unpaired) electrons. The fourth-order valence-corrected chi connectivity index (χ4v) is 5.04. The maximum atomic E-state index is 12.8. The molecule has 0 bridgehead atoms. The van der Waals surface area contributed by atoms with Crippen LogP contribution in [0.4, 0.5) is 0 Å². The molecule has 0 amide bonds. The van der Waals surface area contributed by atoms with Gasteiger partial charge in [-0.05, 0) is 24.6 Å². The number of benzene rings is 2. The number of ether oxygens (including phenoxy) is 5. The molecular weight excluding hydrogens is 564 g/mol. The molecule has 230 valence electrons. The van der Waals surface area contributed by atoms with Crippen LogP contribution in [0.25, 0.3) is 0 Å². The second kappa shape index (κ2) is 11.8. The van der Waals surface area contributed by atoms with E-state index in [1.807, 2.05) is 0 Å². The highest BCUT2D eigenvalue weighted by Gasteiger charge is 2.47. The van der Waals surface area contributed by atoms with Crippen molar-refractivity contribution in [2.24, 2.45) is 0 Å². The number of phenols is 3. The van der Waals surface area contributed by atoms with Crippen molar-refractivity contribution in [2.45, 2.75) is 80.9 Å². The van der Waals surface area contributed by atoms with Crippen molar-refractivity contribution in [3.05, 3.63) is 41.5 Å². The van der Waals surface area contributed by atoms with Gasteiger partial charge in [-0.3, -0.25) is 4.79 Å². The Hall–Kier alpha value is -3.25. The maximum Gasteiger partial charge on any atom is 0.229 e. The quantitative estimate of drug-likeness (QED) is 0.173. The Balaban J connectivity index is 1.30. The summed E-state index contributed by atoms with van der Waals surface area (Å²) >= 11 is 0. The van der Waals surface area contributed by atoms with Crippen molar-refractivity contribution in [1.29, 1.82) is 0 Å². The third kappa shape index (κ3) is 5.70. The van der Waals surface area contributed by atoms with Crippen molar-refractivity contribution in [3.8, 4) is 28.7 Å². The fourth-order valence-electron chi connectivity index (χ4n) is 5.04. The molecule has 3 heterocycles. The van der Waals surface area contributed by atoms with Gasteiger partial charge in [-0.15, -0.1) is 0 Å². The molecule has 2 saturated heterocycles. The lowest BCUT2D eigenvalue weighted by Crippen LogP contribution is -2.61. The molecule has 5 rings (SSSR count).